The first kappa shape index (κ1) is 14.0. The van der Waals surface area contributed by atoms with Crippen molar-refractivity contribution in [2.24, 2.45) is 0 Å². The standard InChI is InChI=1S/C12H17N5O3/c1-3-4-8(2)13-12(20)16-5-9(6-16)17-7-10(11(18)19)14-15-17/h3,7-9H,1,4-6H2,2H3,(H,13,20)(H,18,19). The van der Waals surface area contributed by atoms with Crippen LogP contribution in [0.3, 0.4) is 0 Å². The smallest absolute Gasteiger partial charge is 0.358 e. The number of carboxylic acids is 1. The molecule has 1 saturated heterocycles. The SMILES string of the molecule is C=CCC(C)NC(=O)N1CC(n2cc(C(=O)O)nn2)C1. The molecule has 20 heavy (non-hydrogen) atoms. The second kappa shape index (κ2) is 5.72. The van der Waals surface area contributed by atoms with Gasteiger partial charge in [-0.2, -0.15) is 0 Å². The van der Waals surface area contributed by atoms with Gasteiger partial charge >= 0.3 is 12.0 Å². The van der Waals surface area contributed by atoms with E-state index in [-0.39, 0.29) is 23.8 Å². The van der Waals surface area contributed by atoms with E-state index in [4.69, 9.17) is 5.11 Å². The Hall–Kier alpha value is -2.38. The number of hydrogen-bond donors (Lipinski definition) is 2. The summed E-state index contributed by atoms with van der Waals surface area (Å²) in [5, 5.41) is 18.9. The Balaban J connectivity index is 1.82. The molecule has 1 atom stereocenters. The average molecular weight is 279 g/mol. The second-order valence-electron chi connectivity index (χ2n) is 4.82. The molecule has 1 aliphatic heterocycles. The van der Waals surface area contributed by atoms with Crippen LogP contribution >= 0.6 is 0 Å². The summed E-state index contributed by atoms with van der Waals surface area (Å²) < 4.78 is 1.49. The number of rotatable bonds is 5. The van der Waals surface area contributed by atoms with Gasteiger partial charge in [0.1, 0.15) is 0 Å². The van der Waals surface area contributed by atoms with Crippen molar-refractivity contribution in [1.29, 1.82) is 0 Å². The minimum atomic E-state index is -1.11. The Kier molecular flexibility index (Phi) is 4.02. The minimum Gasteiger partial charge on any atom is -0.476 e. The van der Waals surface area contributed by atoms with Crippen LogP contribution in [0.15, 0.2) is 18.9 Å². The third kappa shape index (κ3) is 2.95. The molecule has 0 aromatic carbocycles. The Morgan fingerprint density at radius 3 is 2.90 bits per heavy atom. The molecule has 8 heteroatoms. The molecule has 1 aliphatic rings. The number of aromatic carboxylic acids is 1. The predicted octanol–water partition coefficient (Wildman–Crippen LogP) is 0.507. The first-order valence-corrected chi connectivity index (χ1v) is 6.32. The molecule has 1 aromatic rings. The molecule has 8 nitrogen and oxygen atoms in total. The largest absolute Gasteiger partial charge is 0.476 e. The van der Waals surface area contributed by atoms with Crippen molar-refractivity contribution in [3.05, 3.63) is 24.5 Å². The van der Waals surface area contributed by atoms with Crippen LogP contribution in [-0.4, -0.2) is 56.1 Å². The zero-order valence-electron chi connectivity index (χ0n) is 11.2. The second-order valence-corrected chi connectivity index (χ2v) is 4.82. The number of nitrogens with one attached hydrogen (secondary N) is 1. The van der Waals surface area contributed by atoms with Gasteiger partial charge in [-0.05, 0) is 13.3 Å². The maximum atomic E-state index is 11.8. The monoisotopic (exact) mass is 279 g/mol. The molecule has 1 aromatic heterocycles. The first-order valence-electron chi connectivity index (χ1n) is 6.32. The van der Waals surface area contributed by atoms with Gasteiger partial charge in [0.05, 0.1) is 12.2 Å². The number of likely N-dealkylation sites (tertiary alicyclic amines) is 1. The van der Waals surface area contributed by atoms with E-state index in [0.29, 0.717) is 19.5 Å². The lowest BCUT2D eigenvalue weighted by atomic mass is 10.1. The van der Waals surface area contributed by atoms with Crippen LogP contribution in [0.5, 0.6) is 0 Å². The zero-order valence-corrected chi connectivity index (χ0v) is 11.2. The molecule has 2 amide bonds. The Labute approximate surface area is 116 Å². The topological polar surface area (TPSA) is 100 Å². The number of carboxylic acid groups (broad SMARTS) is 1. The molecule has 108 valence electrons. The third-order valence-electron chi connectivity index (χ3n) is 3.14. The van der Waals surface area contributed by atoms with Gasteiger partial charge in [0.15, 0.2) is 5.69 Å². The first-order chi connectivity index (χ1) is 9.51. The van der Waals surface area contributed by atoms with Crippen LogP contribution in [0, 0.1) is 0 Å². The molecule has 2 rings (SSSR count). The number of carbonyl (C=O) groups excluding carboxylic acids is 1. The lowest BCUT2D eigenvalue weighted by Crippen LogP contribution is -2.55. The molecule has 0 radical (unpaired) electrons. The Bertz CT molecular complexity index is 521. The van der Waals surface area contributed by atoms with E-state index in [1.54, 1.807) is 11.0 Å². The van der Waals surface area contributed by atoms with Crippen LogP contribution in [0.4, 0.5) is 4.79 Å². The fraction of sp³-hybridized carbons (Fsp3) is 0.500. The number of carbonyl (C=O) groups is 2. The van der Waals surface area contributed by atoms with E-state index in [2.05, 4.69) is 22.2 Å². The third-order valence-corrected chi connectivity index (χ3v) is 3.14. The van der Waals surface area contributed by atoms with Gasteiger partial charge in [-0.25, -0.2) is 14.3 Å². The molecule has 1 fully saturated rings. The van der Waals surface area contributed by atoms with Crippen molar-refractivity contribution in [2.45, 2.75) is 25.4 Å². The molecule has 1 unspecified atom stereocenters. The van der Waals surface area contributed by atoms with Gasteiger partial charge in [-0.15, -0.1) is 11.7 Å². The quantitative estimate of drug-likeness (QED) is 0.765. The number of aromatic nitrogens is 3. The Morgan fingerprint density at radius 1 is 1.65 bits per heavy atom. The van der Waals surface area contributed by atoms with Crippen molar-refractivity contribution in [1.82, 2.24) is 25.2 Å². The zero-order chi connectivity index (χ0) is 14.7. The highest BCUT2D eigenvalue weighted by molar-refractivity contribution is 5.84. The lowest BCUT2D eigenvalue weighted by molar-refractivity contribution is 0.0690. The van der Waals surface area contributed by atoms with Crippen LogP contribution in [-0.2, 0) is 0 Å². The minimum absolute atomic E-state index is 0.0175. The number of hydrogen-bond acceptors (Lipinski definition) is 4. The van der Waals surface area contributed by atoms with E-state index >= 15 is 0 Å². The number of urea groups is 1. The molecular formula is C12H17N5O3. The summed E-state index contributed by atoms with van der Waals surface area (Å²) in [7, 11) is 0. The summed E-state index contributed by atoms with van der Waals surface area (Å²) in [6, 6.07) is -0.103. The average Bonchev–Trinajstić information content (AvgIpc) is 2.76. The summed E-state index contributed by atoms with van der Waals surface area (Å²) in [5.74, 6) is -1.11. The summed E-state index contributed by atoms with van der Waals surface area (Å²) >= 11 is 0. The van der Waals surface area contributed by atoms with Gasteiger partial charge in [0.25, 0.3) is 0 Å². The van der Waals surface area contributed by atoms with Gasteiger partial charge in [-0.1, -0.05) is 11.3 Å². The summed E-state index contributed by atoms with van der Waals surface area (Å²) in [5.41, 5.74) is -0.0903. The van der Waals surface area contributed by atoms with Crippen molar-refractivity contribution in [2.75, 3.05) is 13.1 Å². The van der Waals surface area contributed by atoms with E-state index in [9.17, 15) is 9.59 Å². The van der Waals surface area contributed by atoms with Crippen LogP contribution in [0.1, 0.15) is 29.9 Å². The fourth-order valence-corrected chi connectivity index (χ4v) is 1.95. The van der Waals surface area contributed by atoms with Gasteiger partial charge in [-0.3, -0.25) is 0 Å². The summed E-state index contributed by atoms with van der Waals surface area (Å²) in [4.78, 5) is 24.2. The lowest BCUT2D eigenvalue weighted by Gasteiger charge is -2.39. The highest BCUT2D eigenvalue weighted by Crippen LogP contribution is 2.20. The maximum Gasteiger partial charge on any atom is 0.358 e. The molecule has 2 heterocycles. The van der Waals surface area contributed by atoms with Crippen molar-refractivity contribution < 1.29 is 14.7 Å². The Morgan fingerprint density at radius 2 is 2.35 bits per heavy atom. The normalized spacial score (nSPS) is 16.4. The highest BCUT2D eigenvalue weighted by Gasteiger charge is 2.33. The molecule has 0 saturated carbocycles. The molecular weight excluding hydrogens is 262 g/mol. The molecule has 0 spiro atoms. The molecule has 0 bridgehead atoms. The summed E-state index contributed by atoms with van der Waals surface area (Å²) in [6.45, 7) is 6.52. The van der Waals surface area contributed by atoms with E-state index < -0.39 is 5.97 Å². The van der Waals surface area contributed by atoms with Gasteiger partial charge < -0.3 is 15.3 Å². The molecule has 2 N–H and O–H groups in total. The van der Waals surface area contributed by atoms with E-state index in [1.807, 2.05) is 6.92 Å². The summed E-state index contributed by atoms with van der Waals surface area (Å²) in [6.07, 6.45) is 3.85. The number of nitrogens with zero attached hydrogens (tertiary/aromatic N) is 4. The predicted molar refractivity (Wildman–Crippen MR) is 70.4 cm³/mol. The highest BCUT2D eigenvalue weighted by atomic mass is 16.4. The van der Waals surface area contributed by atoms with E-state index in [1.165, 1.54) is 10.9 Å². The van der Waals surface area contributed by atoms with Crippen LogP contribution in [0.25, 0.3) is 0 Å². The van der Waals surface area contributed by atoms with Crippen molar-refractivity contribution >= 4 is 12.0 Å². The molecule has 0 aliphatic carbocycles. The van der Waals surface area contributed by atoms with E-state index in [0.717, 1.165) is 0 Å². The van der Waals surface area contributed by atoms with Crippen molar-refractivity contribution in [3.63, 3.8) is 0 Å². The van der Waals surface area contributed by atoms with Gasteiger partial charge in [0, 0.05) is 19.1 Å². The van der Waals surface area contributed by atoms with Gasteiger partial charge in [0.2, 0.25) is 0 Å². The van der Waals surface area contributed by atoms with Crippen molar-refractivity contribution in [3.8, 4) is 0 Å². The van der Waals surface area contributed by atoms with Crippen LogP contribution < -0.4 is 5.32 Å². The maximum absolute atomic E-state index is 11.8. The van der Waals surface area contributed by atoms with Crippen LogP contribution in [0.2, 0.25) is 0 Å². The number of amides is 2. The fourth-order valence-electron chi connectivity index (χ4n) is 1.95.